The first-order valence-electron chi connectivity index (χ1n) is 9.22. The van der Waals surface area contributed by atoms with Crippen molar-refractivity contribution in [2.45, 2.75) is 25.8 Å². The summed E-state index contributed by atoms with van der Waals surface area (Å²) in [6, 6.07) is 11.0. The molecule has 1 aromatic carbocycles. The minimum Gasteiger partial charge on any atom is -0.451 e. The van der Waals surface area contributed by atoms with E-state index in [0.717, 1.165) is 18.7 Å². The van der Waals surface area contributed by atoms with Gasteiger partial charge >= 0.3 is 0 Å². The topological polar surface area (TPSA) is 62.6 Å². The Morgan fingerprint density at radius 2 is 2.07 bits per heavy atom. The summed E-state index contributed by atoms with van der Waals surface area (Å²) in [6.45, 7) is 4.51. The van der Waals surface area contributed by atoms with E-state index in [9.17, 15) is 9.59 Å². The molecule has 1 N–H and O–H groups in total. The summed E-state index contributed by atoms with van der Waals surface area (Å²) in [6.07, 6.45) is 2.38. The zero-order chi connectivity index (χ0) is 18.8. The molecule has 0 aliphatic carbocycles. The zero-order valence-electron chi connectivity index (χ0n) is 15.2. The van der Waals surface area contributed by atoms with Gasteiger partial charge in [0.2, 0.25) is 0 Å². The highest BCUT2D eigenvalue weighted by Crippen LogP contribution is 2.28. The van der Waals surface area contributed by atoms with Gasteiger partial charge in [0.15, 0.2) is 11.2 Å². The minimum absolute atomic E-state index is 0.0597. The van der Waals surface area contributed by atoms with Crippen LogP contribution in [0.15, 0.2) is 51.0 Å². The molecule has 2 aromatic heterocycles. The molecule has 1 amide bonds. The number of rotatable bonds is 5. The van der Waals surface area contributed by atoms with Gasteiger partial charge in [-0.15, -0.1) is 11.3 Å². The molecule has 0 radical (unpaired) electrons. The zero-order valence-corrected chi connectivity index (χ0v) is 16.1. The SMILES string of the molecule is Cc1ccc2c(=O)cc(C(=O)NC[C@@H](c3cccs3)N3CCCC3)oc2c1. The van der Waals surface area contributed by atoms with Gasteiger partial charge < -0.3 is 9.73 Å². The molecule has 1 aliphatic rings. The molecule has 6 heteroatoms. The number of amides is 1. The van der Waals surface area contributed by atoms with Gasteiger partial charge in [0.05, 0.1) is 11.4 Å². The summed E-state index contributed by atoms with van der Waals surface area (Å²) in [7, 11) is 0. The van der Waals surface area contributed by atoms with Crippen LogP contribution in [0.3, 0.4) is 0 Å². The number of carbonyl (C=O) groups excluding carboxylic acids is 1. The number of benzene rings is 1. The average molecular weight is 382 g/mol. The predicted octanol–water partition coefficient (Wildman–Crippen LogP) is 3.73. The molecular weight excluding hydrogens is 360 g/mol. The number of aryl methyl sites for hydroxylation is 1. The summed E-state index contributed by atoms with van der Waals surface area (Å²) in [4.78, 5) is 28.6. The molecular formula is C21H22N2O3S. The molecule has 0 bridgehead atoms. The van der Waals surface area contributed by atoms with Crippen molar-refractivity contribution in [2.75, 3.05) is 19.6 Å². The van der Waals surface area contributed by atoms with E-state index in [2.05, 4.69) is 21.7 Å². The lowest BCUT2D eigenvalue weighted by Crippen LogP contribution is -2.36. The molecule has 27 heavy (non-hydrogen) atoms. The predicted molar refractivity (Wildman–Crippen MR) is 107 cm³/mol. The lowest BCUT2D eigenvalue weighted by atomic mass is 10.1. The highest BCUT2D eigenvalue weighted by molar-refractivity contribution is 7.10. The average Bonchev–Trinajstić information content (AvgIpc) is 3.35. The molecule has 0 saturated carbocycles. The molecule has 4 rings (SSSR count). The highest BCUT2D eigenvalue weighted by Gasteiger charge is 2.25. The Hall–Kier alpha value is -2.44. The van der Waals surface area contributed by atoms with Gasteiger partial charge in [0, 0.05) is 17.5 Å². The van der Waals surface area contributed by atoms with E-state index >= 15 is 0 Å². The second-order valence-corrected chi connectivity index (χ2v) is 7.94. The van der Waals surface area contributed by atoms with E-state index in [1.54, 1.807) is 23.5 Å². The summed E-state index contributed by atoms with van der Waals surface area (Å²) in [5.74, 6) is -0.291. The third-order valence-corrected chi connectivity index (χ3v) is 5.99. The molecule has 0 unspecified atom stereocenters. The Morgan fingerprint density at radius 3 is 2.81 bits per heavy atom. The second kappa shape index (κ2) is 7.66. The van der Waals surface area contributed by atoms with Crippen molar-refractivity contribution < 1.29 is 9.21 Å². The van der Waals surface area contributed by atoms with Crippen molar-refractivity contribution >= 4 is 28.2 Å². The number of carbonyl (C=O) groups is 1. The van der Waals surface area contributed by atoms with Crippen molar-refractivity contribution in [1.82, 2.24) is 10.2 Å². The summed E-state index contributed by atoms with van der Waals surface area (Å²) in [5, 5.41) is 5.52. The quantitative estimate of drug-likeness (QED) is 0.730. The van der Waals surface area contributed by atoms with Crippen molar-refractivity contribution in [3.63, 3.8) is 0 Å². The molecule has 5 nitrogen and oxygen atoms in total. The fraction of sp³-hybridized carbons (Fsp3) is 0.333. The number of nitrogens with one attached hydrogen (secondary N) is 1. The summed E-state index contributed by atoms with van der Waals surface area (Å²) >= 11 is 1.70. The summed E-state index contributed by atoms with van der Waals surface area (Å²) in [5.41, 5.74) is 1.23. The lowest BCUT2D eigenvalue weighted by molar-refractivity contribution is 0.0911. The molecule has 0 spiro atoms. The number of nitrogens with zero attached hydrogens (tertiary/aromatic N) is 1. The minimum atomic E-state index is -0.351. The number of hydrogen-bond acceptors (Lipinski definition) is 5. The number of thiophene rings is 1. The van der Waals surface area contributed by atoms with Crippen LogP contribution in [0.25, 0.3) is 11.0 Å². The monoisotopic (exact) mass is 382 g/mol. The van der Waals surface area contributed by atoms with E-state index < -0.39 is 0 Å². The first kappa shape index (κ1) is 17.9. The fourth-order valence-corrected chi connectivity index (χ4v) is 4.46. The van der Waals surface area contributed by atoms with Crippen LogP contribution in [0.1, 0.15) is 39.9 Å². The largest absolute Gasteiger partial charge is 0.451 e. The van der Waals surface area contributed by atoms with E-state index in [4.69, 9.17) is 4.42 Å². The molecule has 3 aromatic rings. The van der Waals surface area contributed by atoms with Crippen LogP contribution < -0.4 is 10.7 Å². The Kier molecular flexibility index (Phi) is 5.09. The number of hydrogen-bond donors (Lipinski definition) is 1. The van der Waals surface area contributed by atoms with Crippen molar-refractivity contribution in [2.24, 2.45) is 0 Å². The van der Waals surface area contributed by atoms with Gasteiger partial charge in [0.25, 0.3) is 5.91 Å². The number of fused-ring (bicyclic) bond motifs is 1. The standard InChI is InChI=1S/C21H22N2O3S/c1-14-6-7-15-17(24)12-19(26-18(15)11-14)21(25)22-13-16(20-5-4-10-27-20)23-8-2-3-9-23/h4-7,10-12,16H,2-3,8-9,13H2,1H3,(H,22,25)/t16-/m0/s1. The molecule has 1 atom stereocenters. The van der Waals surface area contributed by atoms with Gasteiger partial charge in [-0.2, -0.15) is 0 Å². The lowest BCUT2D eigenvalue weighted by Gasteiger charge is -2.26. The van der Waals surface area contributed by atoms with E-state index in [0.29, 0.717) is 17.5 Å². The molecule has 3 heterocycles. The van der Waals surface area contributed by atoms with Gasteiger partial charge in [-0.05, 0) is 62.0 Å². The van der Waals surface area contributed by atoms with Crippen molar-refractivity contribution in [1.29, 1.82) is 0 Å². The van der Waals surface area contributed by atoms with Crippen LogP contribution in [-0.2, 0) is 0 Å². The fourth-order valence-electron chi connectivity index (χ4n) is 3.59. The maximum atomic E-state index is 12.7. The van der Waals surface area contributed by atoms with Crippen molar-refractivity contribution in [3.8, 4) is 0 Å². The Bertz CT molecular complexity index is 1000. The Labute approximate surface area is 161 Å². The number of likely N-dealkylation sites (tertiary alicyclic amines) is 1. The Balaban J connectivity index is 1.54. The van der Waals surface area contributed by atoms with Crippen LogP contribution >= 0.6 is 11.3 Å². The Morgan fingerprint density at radius 1 is 1.26 bits per heavy atom. The highest BCUT2D eigenvalue weighted by atomic mass is 32.1. The van der Waals surface area contributed by atoms with Gasteiger partial charge in [-0.3, -0.25) is 14.5 Å². The molecule has 1 fully saturated rings. The molecule has 1 saturated heterocycles. The van der Waals surface area contributed by atoms with E-state index in [-0.39, 0.29) is 23.1 Å². The molecule has 140 valence electrons. The molecule has 1 aliphatic heterocycles. The van der Waals surface area contributed by atoms with Crippen LogP contribution in [0.2, 0.25) is 0 Å². The normalized spacial score (nSPS) is 15.9. The van der Waals surface area contributed by atoms with Gasteiger partial charge in [-0.25, -0.2) is 0 Å². The van der Waals surface area contributed by atoms with E-state index in [1.165, 1.54) is 23.8 Å². The van der Waals surface area contributed by atoms with E-state index in [1.807, 2.05) is 19.1 Å². The van der Waals surface area contributed by atoms with Gasteiger partial charge in [0.1, 0.15) is 5.58 Å². The van der Waals surface area contributed by atoms with Crippen LogP contribution in [0, 0.1) is 6.92 Å². The van der Waals surface area contributed by atoms with Crippen LogP contribution in [-0.4, -0.2) is 30.4 Å². The van der Waals surface area contributed by atoms with Crippen LogP contribution in [0.5, 0.6) is 0 Å². The second-order valence-electron chi connectivity index (χ2n) is 6.96. The van der Waals surface area contributed by atoms with Gasteiger partial charge in [-0.1, -0.05) is 12.1 Å². The van der Waals surface area contributed by atoms with Crippen molar-refractivity contribution in [3.05, 3.63) is 68.2 Å². The van der Waals surface area contributed by atoms with Crippen LogP contribution in [0.4, 0.5) is 0 Å². The third-order valence-electron chi connectivity index (χ3n) is 5.02. The third kappa shape index (κ3) is 3.82. The first-order chi connectivity index (χ1) is 13.1. The maximum Gasteiger partial charge on any atom is 0.287 e. The first-order valence-corrected chi connectivity index (χ1v) is 10.1. The maximum absolute atomic E-state index is 12.7. The smallest absolute Gasteiger partial charge is 0.287 e. The summed E-state index contributed by atoms with van der Waals surface area (Å²) < 4.78 is 5.71.